The summed E-state index contributed by atoms with van der Waals surface area (Å²) >= 11 is 12.1. The van der Waals surface area contributed by atoms with Gasteiger partial charge in [0.15, 0.2) is 0 Å². The molecule has 0 saturated carbocycles. The first-order chi connectivity index (χ1) is 9.56. The third kappa shape index (κ3) is 2.92. The predicted octanol–water partition coefficient (Wildman–Crippen LogP) is 4.02. The van der Waals surface area contributed by atoms with Gasteiger partial charge in [0.2, 0.25) is 0 Å². The highest BCUT2D eigenvalue weighted by atomic mass is 35.5. The van der Waals surface area contributed by atoms with Gasteiger partial charge in [-0.15, -0.1) is 6.42 Å². The molecule has 0 saturated heterocycles. The van der Waals surface area contributed by atoms with E-state index in [1.165, 1.54) is 0 Å². The first-order valence-corrected chi connectivity index (χ1v) is 7.07. The zero-order valence-corrected chi connectivity index (χ0v) is 12.7. The third-order valence-electron chi connectivity index (χ3n) is 2.94. The molecule has 1 heterocycles. The van der Waals surface area contributed by atoms with Crippen LogP contribution in [0.2, 0.25) is 10.0 Å². The zero-order chi connectivity index (χ0) is 14.7. The number of aryl methyl sites for hydroxylation is 1. The van der Waals surface area contributed by atoms with E-state index in [2.05, 4.69) is 17.8 Å². The van der Waals surface area contributed by atoms with Gasteiger partial charge in [-0.25, -0.2) is 4.98 Å². The minimum absolute atomic E-state index is 0.405. The van der Waals surface area contributed by atoms with Gasteiger partial charge in [-0.3, -0.25) is 0 Å². The van der Waals surface area contributed by atoms with Crippen molar-refractivity contribution in [3.8, 4) is 23.6 Å². The van der Waals surface area contributed by atoms with Crippen LogP contribution in [0.3, 0.4) is 0 Å². The lowest BCUT2D eigenvalue weighted by Gasteiger charge is -2.05. The Balaban J connectivity index is 2.57. The Kier molecular flexibility index (Phi) is 4.59. The Morgan fingerprint density at radius 3 is 2.50 bits per heavy atom. The van der Waals surface area contributed by atoms with Gasteiger partial charge < -0.3 is 10.3 Å². The van der Waals surface area contributed by atoms with Gasteiger partial charge >= 0.3 is 0 Å². The first-order valence-electron chi connectivity index (χ1n) is 6.31. The van der Waals surface area contributed by atoms with Crippen LogP contribution in [0, 0.1) is 12.3 Å². The van der Waals surface area contributed by atoms with Crippen LogP contribution in [-0.2, 0) is 13.0 Å². The molecule has 0 aliphatic heterocycles. The molecule has 0 amide bonds. The molecule has 0 aliphatic rings. The number of imidazole rings is 1. The van der Waals surface area contributed by atoms with Crippen molar-refractivity contribution < 1.29 is 0 Å². The molecule has 0 bridgehead atoms. The lowest BCUT2D eigenvalue weighted by Crippen LogP contribution is -2.06. The van der Waals surface area contributed by atoms with Crippen LogP contribution in [0.25, 0.3) is 11.3 Å². The summed E-state index contributed by atoms with van der Waals surface area (Å²) in [5.74, 6) is 4.03. The average molecular weight is 308 g/mol. The number of nitrogens with zero attached hydrogens (tertiary/aromatic N) is 2. The summed E-state index contributed by atoms with van der Waals surface area (Å²) in [5.41, 5.74) is 7.64. The van der Waals surface area contributed by atoms with Crippen molar-refractivity contribution in [3.05, 3.63) is 34.1 Å². The standard InChI is InChI=1S/C15H15Cl2N3/c1-3-5-13-19-14(15(18)20(13)6-4-2)10-7-11(16)9-12(17)8-10/h2,7-9H,3,5-6,18H2,1H3. The predicted molar refractivity (Wildman–Crippen MR) is 84.9 cm³/mol. The van der Waals surface area contributed by atoms with E-state index in [0.717, 1.165) is 24.2 Å². The molecular weight excluding hydrogens is 293 g/mol. The highest BCUT2D eigenvalue weighted by Crippen LogP contribution is 2.31. The molecule has 3 nitrogen and oxygen atoms in total. The molecule has 1 aromatic carbocycles. The number of terminal acetylenes is 1. The Hall–Kier alpha value is -1.63. The molecule has 0 spiro atoms. The molecule has 2 aromatic rings. The maximum Gasteiger partial charge on any atom is 0.132 e. The fourth-order valence-corrected chi connectivity index (χ4v) is 2.62. The maximum atomic E-state index is 6.17. The van der Waals surface area contributed by atoms with Crippen molar-refractivity contribution in [3.63, 3.8) is 0 Å². The summed E-state index contributed by atoms with van der Waals surface area (Å²) in [6.07, 6.45) is 7.18. The molecule has 0 fully saturated rings. The van der Waals surface area contributed by atoms with Crippen molar-refractivity contribution >= 4 is 29.0 Å². The molecule has 0 aliphatic carbocycles. The second-order valence-electron chi connectivity index (χ2n) is 4.46. The van der Waals surface area contributed by atoms with Crippen LogP contribution in [0.15, 0.2) is 18.2 Å². The maximum absolute atomic E-state index is 6.17. The van der Waals surface area contributed by atoms with E-state index in [1.54, 1.807) is 18.2 Å². The number of aromatic nitrogens is 2. The molecule has 2 rings (SSSR count). The Morgan fingerprint density at radius 1 is 1.30 bits per heavy atom. The van der Waals surface area contributed by atoms with E-state index in [1.807, 2.05) is 4.57 Å². The average Bonchev–Trinajstić information content (AvgIpc) is 2.67. The minimum atomic E-state index is 0.405. The summed E-state index contributed by atoms with van der Waals surface area (Å²) in [5, 5.41) is 1.10. The monoisotopic (exact) mass is 307 g/mol. The Bertz CT molecular complexity index is 648. The summed E-state index contributed by atoms with van der Waals surface area (Å²) in [6, 6.07) is 5.26. The van der Waals surface area contributed by atoms with Crippen LogP contribution in [0.4, 0.5) is 5.82 Å². The topological polar surface area (TPSA) is 43.8 Å². The van der Waals surface area contributed by atoms with Gasteiger partial charge in [-0.2, -0.15) is 0 Å². The van der Waals surface area contributed by atoms with Crippen molar-refractivity contribution in [1.82, 2.24) is 9.55 Å². The lowest BCUT2D eigenvalue weighted by atomic mass is 10.1. The van der Waals surface area contributed by atoms with Gasteiger partial charge in [0, 0.05) is 22.0 Å². The zero-order valence-electron chi connectivity index (χ0n) is 11.2. The normalized spacial score (nSPS) is 10.5. The number of hydrogen-bond acceptors (Lipinski definition) is 2. The molecule has 104 valence electrons. The Labute approximate surface area is 128 Å². The van der Waals surface area contributed by atoms with E-state index in [9.17, 15) is 0 Å². The van der Waals surface area contributed by atoms with Crippen LogP contribution in [-0.4, -0.2) is 9.55 Å². The van der Waals surface area contributed by atoms with Gasteiger partial charge in [-0.1, -0.05) is 36.0 Å². The highest BCUT2D eigenvalue weighted by Gasteiger charge is 2.16. The van der Waals surface area contributed by atoms with E-state index in [4.69, 9.17) is 35.4 Å². The lowest BCUT2D eigenvalue weighted by molar-refractivity contribution is 0.733. The van der Waals surface area contributed by atoms with Gasteiger partial charge in [-0.05, 0) is 24.6 Å². The largest absolute Gasteiger partial charge is 0.383 e. The van der Waals surface area contributed by atoms with Crippen LogP contribution in [0.5, 0.6) is 0 Å². The van der Waals surface area contributed by atoms with E-state index in [-0.39, 0.29) is 0 Å². The van der Waals surface area contributed by atoms with Crippen molar-refractivity contribution in [1.29, 1.82) is 0 Å². The van der Waals surface area contributed by atoms with Crippen LogP contribution < -0.4 is 5.73 Å². The summed E-state index contributed by atoms with van der Waals surface area (Å²) in [4.78, 5) is 4.60. The second-order valence-corrected chi connectivity index (χ2v) is 5.33. The minimum Gasteiger partial charge on any atom is -0.383 e. The number of halogens is 2. The molecule has 0 radical (unpaired) electrons. The molecule has 2 N–H and O–H groups in total. The van der Waals surface area contributed by atoms with Crippen LogP contribution in [0.1, 0.15) is 19.2 Å². The fraction of sp³-hybridized carbons (Fsp3) is 0.267. The molecule has 0 atom stereocenters. The van der Waals surface area contributed by atoms with Gasteiger partial charge in [0.1, 0.15) is 17.3 Å². The van der Waals surface area contributed by atoms with Crippen molar-refractivity contribution in [2.45, 2.75) is 26.3 Å². The van der Waals surface area contributed by atoms with Gasteiger partial charge in [0.25, 0.3) is 0 Å². The molecule has 0 unspecified atom stereocenters. The molecule has 5 heteroatoms. The summed E-state index contributed by atoms with van der Waals surface area (Å²) < 4.78 is 1.85. The number of hydrogen-bond donors (Lipinski definition) is 1. The number of benzene rings is 1. The number of rotatable bonds is 4. The highest BCUT2D eigenvalue weighted by molar-refractivity contribution is 6.35. The fourth-order valence-electron chi connectivity index (χ4n) is 2.10. The smallest absolute Gasteiger partial charge is 0.132 e. The van der Waals surface area contributed by atoms with E-state index in [0.29, 0.717) is 28.1 Å². The summed E-state index contributed by atoms with van der Waals surface area (Å²) in [7, 11) is 0. The number of anilines is 1. The quantitative estimate of drug-likeness (QED) is 0.867. The van der Waals surface area contributed by atoms with Gasteiger partial charge in [0.05, 0.1) is 6.54 Å². The molecule has 1 aromatic heterocycles. The first kappa shape index (κ1) is 14.8. The SMILES string of the molecule is C#CCn1c(CCC)nc(-c2cc(Cl)cc(Cl)c2)c1N. The van der Waals surface area contributed by atoms with E-state index >= 15 is 0 Å². The molecular formula is C15H15Cl2N3. The number of nitrogens with two attached hydrogens (primary N) is 1. The van der Waals surface area contributed by atoms with Crippen LogP contribution >= 0.6 is 23.2 Å². The van der Waals surface area contributed by atoms with Crippen molar-refractivity contribution in [2.24, 2.45) is 0 Å². The third-order valence-corrected chi connectivity index (χ3v) is 3.38. The molecule has 20 heavy (non-hydrogen) atoms. The van der Waals surface area contributed by atoms with Crippen molar-refractivity contribution in [2.75, 3.05) is 5.73 Å². The second kappa shape index (κ2) is 6.21. The summed E-state index contributed by atoms with van der Waals surface area (Å²) in [6.45, 7) is 2.49. The number of nitrogen functional groups attached to an aromatic ring is 1. The Morgan fingerprint density at radius 2 is 1.95 bits per heavy atom. The van der Waals surface area contributed by atoms with E-state index < -0.39 is 0 Å².